The van der Waals surface area contributed by atoms with Crippen LogP contribution in [0, 0.1) is 0 Å². The Hall–Kier alpha value is -3.73. The molecule has 1 aliphatic heterocycles. The van der Waals surface area contributed by atoms with Crippen LogP contribution >= 0.6 is 0 Å². The predicted octanol–water partition coefficient (Wildman–Crippen LogP) is -0.494. The van der Waals surface area contributed by atoms with E-state index in [-0.39, 0.29) is 24.8 Å². The average molecular weight is 471 g/mol. The van der Waals surface area contributed by atoms with Crippen molar-refractivity contribution in [2.24, 2.45) is 0 Å². The quantitative estimate of drug-likeness (QED) is 0.258. The number of carbonyl (C=O) groups is 4. The molecule has 11 heteroatoms. The molecule has 0 bridgehead atoms. The second-order valence-electron chi connectivity index (χ2n) is 8.31. The highest BCUT2D eigenvalue weighted by Crippen LogP contribution is 2.07. The van der Waals surface area contributed by atoms with Gasteiger partial charge in [0.1, 0.15) is 18.1 Å². The highest BCUT2D eigenvalue weighted by molar-refractivity contribution is 5.94. The van der Waals surface area contributed by atoms with Gasteiger partial charge in [0.15, 0.2) is 0 Å². The lowest BCUT2D eigenvalue weighted by Gasteiger charge is -2.23. The normalized spacial score (nSPS) is 17.9. The Kier molecular flexibility index (Phi) is 8.74. The molecule has 0 saturated carbocycles. The maximum Gasteiger partial charge on any atom is 0.326 e. The molecule has 3 rings (SSSR count). The van der Waals surface area contributed by atoms with Gasteiger partial charge in [-0.1, -0.05) is 30.3 Å². The lowest BCUT2D eigenvalue weighted by atomic mass is 10.1. The van der Waals surface area contributed by atoms with Gasteiger partial charge in [-0.15, -0.1) is 0 Å². The molecular formula is C23H30N6O5. The van der Waals surface area contributed by atoms with Crippen LogP contribution in [0.25, 0.3) is 0 Å². The van der Waals surface area contributed by atoms with Crippen LogP contribution in [-0.4, -0.2) is 69.5 Å². The first kappa shape index (κ1) is 24.9. The number of H-pyrrole nitrogens is 1. The fraction of sp³-hybridized carbons (Fsp3) is 0.435. The third-order valence-corrected chi connectivity index (χ3v) is 5.64. The number of imidazole rings is 1. The van der Waals surface area contributed by atoms with Crippen molar-refractivity contribution in [2.45, 2.75) is 56.8 Å². The van der Waals surface area contributed by atoms with Gasteiger partial charge in [0.25, 0.3) is 0 Å². The number of aliphatic carboxylic acids is 1. The van der Waals surface area contributed by atoms with Crippen molar-refractivity contribution in [1.29, 1.82) is 0 Å². The molecule has 0 aliphatic carbocycles. The van der Waals surface area contributed by atoms with E-state index in [1.54, 1.807) is 30.5 Å². The first-order valence-corrected chi connectivity index (χ1v) is 11.2. The summed E-state index contributed by atoms with van der Waals surface area (Å²) in [5.41, 5.74) is 1.40. The summed E-state index contributed by atoms with van der Waals surface area (Å²) in [6, 6.07) is 5.46. The van der Waals surface area contributed by atoms with E-state index in [0.717, 1.165) is 18.5 Å². The number of benzene rings is 1. The summed E-state index contributed by atoms with van der Waals surface area (Å²) in [6.45, 7) is 2.20. The minimum absolute atomic E-state index is 0.107. The minimum Gasteiger partial charge on any atom is -0.480 e. The van der Waals surface area contributed by atoms with Crippen LogP contribution in [0.1, 0.15) is 31.0 Å². The van der Waals surface area contributed by atoms with Gasteiger partial charge in [-0.25, -0.2) is 9.78 Å². The van der Waals surface area contributed by atoms with Gasteiger partial charge >= 0.3 is 5.97 Å². The standard InChI is InChI=1S/C23H30N6O5/c1-14(20(30)29-19(23(33)34)10-15-6-3-2-4-7-15)27-22(32)18(11-16-12-24-13-26-16)28-21(31)17-8-5-9-25-17/h2-4,6-7,12-14,17-19,25H,5,8-11H2,1H3,(H,24,26)(H,27,32)(H,28,31)(H,29,30)(H,33,34). The Balaban J connectivity index is 1.61. The van der Waals surface area contributed by atoms with Crippen LogP contribution in [0.3, 0.4) is 0 Å². The van der Waals surface area contributed by atoms with Crippen LogP contribution in [0.15, 0.2) is 42.9 Å². The number of carboxylic acid groups (broad SMARTS) is 1. The Morgan fingerprint density at radius 2 is 1.82 bits per heavy atom. The molecule has 6 N–H and O–H groups in total. The number of nitrogens with zero attached hydrogens (tertiary/aromatic N) is 1. The molecule has 34 heavy (non-hydrogen) atoms. The van der Waals surface area contributed by atoms with Crippen molar-refractivity contribution in [3.8, 4) is 0 Å². The summed E-state index contributed by atoms with van der Waals surface area (Å²) in [5.74, 6) is -2.66. The molecule has 1 saturated heterocycles. The number of rotatable bonds is 11. The third kappa shape index (κ3) is 7.14. The summed E-state index contributed by atoms with van der Waals surface area (Å²) in [5, 5.41) is 20.4. The van der Waals surface area contributed by atoms with Crippen molar-refractivity contribution >= 4 is 23.7 Å². The van der Waals surface area contributed by atoms with Crippen LogP contribution in [0.5, 0.6) is 0 Å². The topological polar surface area (TPSA) is 165 Å². The van der Waals surface area contributed by atoms with Crippen LogP contribution in [0.4, 0.5) is 0 Å². The SMILES string of the molecule is CC(NC(=O)C(Cc1cnc[nH]1)NC(=O)C1CCCN1)C(=O)NC(Cc1ccccc1)C(=O)O. The van der Waals surface area contributed by atoms with Crippen LogP contribution < -0.4 is 21.3 Å². The van der Waals surface area contributed by atoms with Gasteiger partial charge in [-0.05, 0) is 31.9 Å². The molecule has 0 radical (unpaired) electrons. The number of aromatic amines is 1. The summed E-state index contributed by atoms with van der Waals surface area (Å²) in [4.78, 5) is 56.7. The number of carboxylic acids is 1. The second kappa shape index (κ2) is 11.9. The van der Waals surface area contributed by atoms with E-state index in [1.807, 2.05) is 6.07 Å². The molecular weight excluding hydrogens is 440 g/mol. The van der Waals surface area contributed by atoms with Crippen molar-refractivity contribution in [1.82, 2.24) is 31.2 Å². The Labute approximate surface area is 197 Å². The summed E-state index contributed by atoms with van der Waals surface area (Å²) in [7, 11) is 0. The van der Waals surface area contributed by atoms with Crippen LogP contribution in [0.2, 0.25) is 0 Å². The third-order valence-electron chi connectivity index (χ3n) is 5.64. The van der Waals surface area contributed by atoms with E-state index < -0.39 is 35.9 Å². The Morgan fingerprint density at radius 3 is 2.44 bits per heavy atom. The largest absolute Gasteiger partial charge is 0.480 e. The van der Waals surface area contributed by atoms with Gasteiger partial charge < -0.3 is 31.4 Å². The van der Waals surface area contributed by atoms with Gasteiger partial charge in [-0.2, -0.15) is 0 Å². The smallest absolute Gasteiger partial charge is 0.326 e. The first-order chi connectivity index (χ1) is 16.3. The maximum atomic E-state index is 13.0. The lowest BCUT2D eigenvalue weighted by molar-refractivity contribution is -0.142. The zero-order valence-electron chi connectivity index (χ0n) is 18.9. The van der Waals surface area contributed by atoms with E-state index in [4.69, 9.17) is 0 Å². The van der Waals surface area contributed by atoms with Crippen molar-refractivity contribution < 1.29 is 24.3 Å². The van der Waals surface area contributed by atoms with Gasteiger partial charge in [0.2, 0.25) is 17.7 Å². The number of hydrogen-bond donors (Lipinski definition) is 6. The summed E-state index contributed by atoms with van der Waals surface area (Å²) in [6.07, 6.45) is 4.85. The molecule has 2 heterocycles. The Bertz CT molecular complexity index is 975. The molecule has 3 amide bonds. The fourth-order valence-corrected chi connectivity index (χ4v) is 3.73. The highest BCUT2D eigenvalue weighted by Gasteiger charge is 2.30. The van der Waals surface area contributed by atoms with Crippen molar-refractivity contribution in [3.63, 3.8) is 0 Å². The predicted molar refractivity (Wildman–Crippen MR) is 123 cm³/mol. The molecule has 1 aliphatic rings. The van der Waals surface area contributed by atoms with E-state index >= 15 is 0 Å². The monoisotopic (exact) mass is 470 g/mol. The lowest BCUT2D eigenvalue weighted by Crippen LogP contribution is -2.57. The van der Waals surface area contributed by atoms with E-state index in [0.29, 0.717) is 12.1 Å². The molecule has 11 nitrogen and oxygen atoms in total. The number of hydrogen-bond acceptors (Lipinski definition) is 6. The highest BCUT2D eigenvalue weighted by atomic mass is 16.4. The molecule has 0 spiro atoms. The molecule has 4 atom stereocenters. The van der Waals surface area contributed by atoms with Gasteiger partial charge in [0, 0.05) is 24.7 Å². The molecule has 4 unspecified atom stereocenters. The van der Waals surface area contributed by atoms with Crippen LogP contribution in [-0.2, 0) is 32.0 Å². The van der Waals surface area contributed by atoms with Gasteiger partial charge in [0.05, 0.1) is 12.4 Å². The molecule has 182 valence electrons. The molecule has 2 aromatic rings. The van der Waals surface area contributed by atoms with Gasteiger partial charge in [-0.3, -0.25) is 14.4 Å². The zero-order chi connectivity index (χ0) is 24.5. The van der Waals surface area contributed by atoms with E-state index in [9.17, 15) is 24.3 Å². The van der Waals surface area contributed by atoms with E-state index in [1.165, 1.54) is 13.3 Å². The Morgan fingerprint density at radius 1 is 1.06 bits per heavy atom. The average Bonchev–Trinajstić information content (AvgIpc) is 3.53. The summed E-state index contributed by atoms with van der Waals surface area (Å²) >= 11 is 0. The summed E-state index contributed by atoms with van der Waals surface area (Å²) < 4.78 is 0. The van der Waals surface area contributed by atoms with Crippen molar-refractivity contribution in [2.75, 3.05) is 6.54 Å². The molecule has 1 fully saturated rings. The van der Waals surface area contributed by atoms with Crippen molar-refractivity contribution in [3.05, 3.63) is 54.1 Å². The number of carbonyl (C=O) groups excluding carboxylic acids is 3. The molecule has 1 aromatic heterocycles. The first-order valence-electron chi connectivity index (χ1n) is 11.2. The molecule has 1 aromatic carbocycles. The number of amides is 3. The number of aromatic nitrogens is 2. The minimum atomic E-state index is -1.18. The zero-order valence-corrected chi connectivity index (χ0v) is 18.9. The number of nitrogens with one attached hydrogen (secondary N) is 5. The van der Waals surface area contributed by atoms with E-state index in [2.05, 4.69) is 31.2 Å². The fourth-order valence-electron chi connectivity index (χ4n) is 3.73. The maximum absolute atomic E-state index is 13.0. The second-order valence-corrected chi connectivity index (χ2v) is 8.31.